The summed E-state index contributed by atoms with van der Waals surface area (Å²) in [5.41, 5.74) is 0. The molecule has 0 fully saturated rings. The van der Waals surface area contributed by atoms with Gasteiger partial charge in [-0.15, -0.1) is 0 Å². The third-order valence-electron chi connectivity index (χ3n) is 11.1. The zero-order valence-corrected chi connectivity index (χ0v) is 41.8. The first kappa shape index (κ1) is 60.6. The molecule has 0 aliphatic carbocycles. The van der Waals surface area contributed by atoms with Crippen molar-refractivity contribution in [1.29, 1.82) is 0 Å². The van der Waals surface area contributed by atoms with E-state index >= 15 is 0 Å². The lowest BCUT2D eigenvalue weighted by Gasteiger charge is -2.18. The molecule has 0 amide bonds. The molecule has 64 heavy (non-hydrogen) atoms. The van der Waals surface area contributed by atoms with Gasteiger partial charge >= 0.3 is 17.9 Å². The molecular weight excluding hydrogens is 793 g/mol. The molecule has 0 heterocycles. The molecule has 6 heteroatoms. The molecule has 0 aromatic heterocycles. The van der Waals surface area contributed by atoms with Gasteiger partial charge in [-0.3, -0.25) is 14.4 Å². The predicted octanol–water partition coefficient (Wildman–Crippen LogP) is 17.6. The number of unbranched alkanes of at least 4 members (excludes halogenated alkanes) is 22. The Labute approximate surface area is 395 Å². The number of hydrogen-bond acceptors (Lipinski definition) is 6. The van der Waals surface area contributed by atoms with Gasteiger partial charge in [0.25, 0.3) is 0 Å². The summed E-state index contributed by atoms with van der Waals surface area (Å²) in [6.07, 6.45) is 67.1. The molecule has 0 aromatic rings. The summed E-state index contributed by atoms with van der Waals surface area (Å²) in [7, 11) is 0. The number of allylic oxidation sites excluding steroid dienone is 14. The van der Waals surface area contributed by atoms with Crippen molar-refractivity contribution in [3.8, 4) is 0 Å². The number of rotatable bonds is 47. The molecule has 1 atom stereocenters. The van der Waals surface area contributed by atoms with Gasteiger partial charge in [-0.2, -0.15) is 0 Å². The van der Waals surface area contributed by atoms with Crippen molar-refractivity contribution >= 4 is 17.9 Å². The van der Waals surface area contributed by atoms with Crippen molar-refractivity contribution in [2.45, 2.75) is 252 Å². The average Bonchev–Trinajstić information content (AvgIpc) is 3.29. The van der Waals surface area contributed by atoms with Crippen LogP contribution in [0.3, 0.4) is 0 Å². The van der Waals surface area contributed by atoms with E-state index in [-0.39, 0.29) is 37.5 Å². The largest absolute Gasteiger partial charge is 0.462 e. The fraction of sp³-hybridized carbons (Fsp3) is 0.707. The monoisotopic (exact) mass is 891 g/mol. The Kier molecular flexibility index (Phi) is 49.4. The Morgan fingerprint density at radius 1 is 0.328 bits per heavy atom. The van der Waals surface area contributed by atoms with Gasteiger partial charge in [0.2, 0.25) is 0 Å². The van der Waals surface area contributed by atoms with E-state index in [9.17, 15) is 14.4 Å². The number of carbonyl (C=O) groups is 3. The second-order valence-electron chi connectivity index (χ2n) is 17.4. The van der Waals surface area contributed by atoms with E-state index in [0.717, 1.165) is 116 Å². The van der Waals surface area contributed by atoms with E-state index in [4.69, 9.17) is 14.2 Å². The van der Waals surface area contributed by atoms with Crippen LogP contribution >= 0.6 is 0 Å². The lowest BCUT2D eigenvalue weighted by Crippen LogP contribution is -2.30. The SMILES string of the molecule is CC/C=C\C/C=C\C/C=C\C/C=C\CCCCC(=O)OC(COC(=O)CCCCCCC/C=C\C/C=C\C/C=C\CC)COC(=O)CCCCCCCCCCCCCCCCCC. The highest BCUT2D eigenvalue weighted by Crippen LogP contribution is 2.15. The summed E-state index contributed by atoms with van der Waals surface area (Å²) in [6, 6.07) is 0. The van der Waals surface area contributed by atoms with E-state index in [1.807, 2.05) is 0 Å². The van der Waals surface area contributed by atoms with Crippen LogP contribution in [0.1, 0.15) is 245 Å². The molecule has 0 bridgehead atoms. The molecular formula is C58H98O6. The van der Waals surface area contributed by atoms with Crippen LogP contribution in [-0.4, -0.2) is 37.2 Å². The number of esters is 3. The van der Waals surface area contributed by atoms with E-state index in [2.05, 4.69) is 106 Å². The molecule has 0 spiro atoms. The first-order valence-corrected chi connectivity index (χ1v) is 26.6. The standard InChI is InChI=1S/C58H98O6/c1-4-7-10-13-16-19-22-25-28-31-33-36-39-42-45-48-51-57(60)63-54-55(64-58(61)52-49-46-43-40-37-34-30-27-24-21-18-15-12-9-6-3)53-62-56(59)50-47-44-41-38-35-32-29-26-23-20-17-14-11-8-5-2/h8-9,11-12,17-18,20-21,26-27,29-30,37,40,55H,4-7,10,13-16,19,22-25,28,31-36,38-39,41-54H2,1-3H3/b11-8-,12-9-,20-17-,21-18-,29-26-,30-27-,40-37-. The number of carbonyl (C=O) groups excluding carboxylic acids is 3. The van der Waals surface area contributed by atoms with Crippen molar-refractivity contribution in [3.05, 3.63) is 85.1 Å². The number of hydrogen-bond donors (Lipinski definition) is 0. The third-order valence-corrected chi connectivity index (χ3v) is 11.1. The molecule has 0 aliphatic rings. The molecule has 366 valence electrons. The van der Waals surface area contributed by atoms with Crippen LogP contribution in [0.4, 0.5) is 0 Å². The zero-order chi connectivity index (χ0) is 46.5. The number of ether oxygens (including phenoxy) is 3. The van der Waals surface area contributed by atoms with Gasteiger partial charge in [0.05, 0.1) is 0 Å². The normalized spacial score (nSPS) is 12.7. The van der Waals surface area contributed by atoms with E-state index < -0.39 is 6.10 Å². The molecule has 1 unspecified atom stereocenters. The molecule has 0 aromatic carbocycles. The van der Waals surface area contributed by atoms with Gasteiger partial charge in [-0.25, -0.2) is 0 Å². The lowest BCUT2D eigenvalue weighted by molar-refractivity contribution is -0.167. The summed E-state index contributed by atoms with van der Waals surface area (Å²) in [5.74, 6) is -0.954. The Morgan fingerprint density at radius 3 is 0.984 bits per heavy atom. The van der Waals surface area contributed by atoms with Gasteiger partial charge in [0, 0.05) is 19.3 Å². The van der Waals surface area contributed by atoms with Crippen LogP contribution in [0.5, 0.6) is 0 Å². The van der Waals surface area contributed by atoms with Crippen molar-refractivity contribution in [3.63, 3.8) is 0 Å². The second kappa shape index (κ2) is 52.2. The minimum atomic E-state index is -0.804. The summed E-state index contributed by atoms with van der Waals surface area (Å²) in [4.78, 5) is 38.0. The van der Waals surface area contributed by atoms with Crippen molar-refractivity contribution in [2.24, 2.45) is 0 Å². The maximum atomic E-state index is 12.8. The highest BCUT2D eigenvalue weighted by atomic mass is 16.6. The van der Waals surface area contributed by atoms with Gasteiger partial charge < -0.3 is 14.2 Å². The first-order chi connectivity index (χ1) is 31.5. The van der Waals surface area contributed by atoms with E-state index in [1.165, 1.54) is 83.5 Å². The summed E-state index contributed by atoms with van der Waals surface area (Å²) >= 11 is 0. The topological polar surface area (TPSA) is 78.9 Å². The first-order valence-electron chi connectivity index (χ1n) is 26.6. The van der Waals surface area contributed by atoms with Crippen LogP contribution < -0.4 is 0 Å². The smallest absolute Gasteiger partial charge is 0.306 e. The van der Waals surface area contributed by atoms with Gasteiger partial charge in [-0.05, 0) is 89.9 Å². The van der Waals surface area contributed by atoms with Crippen LogP contribution in [0, 0.1) is 0 Å². The molecule has 0 saturated heterocycles. The van der Waals surface area contributed by atoms with Crippen LogP contribution in [-0.2, 0) is 28.6 Å². The molecule has 0 N–H and O–H groups in total. The lowest BCUT2D eigenvalue weighted by atomic mass is 10.0. The summed E-state index contributed by atoms with van der Waals surface area (Å²) in [5, 5.41) is 0. The molecule has 6 nitrogen and oxygen atoms in total. The third kappa shape index (κ3) is 49.6. The molecule has 0 aliphatic heterocycles. The minimum absolute atomic E-state index is 0.0975. The Bertz CT molecular complexity index is 1250. The Balaban J connectivity index is 4.46. The van der Waals surface area contributed by atoms with Crippen molar-refractivity contribution in [2.75, 3.05) is 13.2 Å². The molecule has 0 saturated carbocycles. The quantitative estimate of drug-likeness (QED) is 0.0262. The zero-order valence-electron chi connectivity index (χ0n) is 41.8. The van der Waals surface area contributed by atoms with Crippen LogP contribution in [0.2, 0.25) is 0 Å². The average molecular weight is 891 g/mol. The Hall–Kier alpha value is -3.41. The summed E-state index contributed by atoms with van der Waals surface area (Å²) < 4.78 is 16.8. The van der Waals surface area contributed by atoms with Crippen LogP contribution in [0.15, 0.2) is 85.1 Å². The van der Waals surface area contributed by atoms with Crippen molar-refractivity contribution in [1.82, 2.24) is 0 Å². The van der Waals surface area contributed by atoms with Crippen LogP contribution in [0.25, 0.3) is 0 Å². The van der Waals surface area contributed by atoms with Crippen molar-refractivity contribution < 1.29 is 28.6 Å². The Morgan fingerprint density at radius 2 is 0.609 bits per heavy atom. The highest BCUT2D eigenvalue weighted by molar-refractivity contribution is 5.71. The summed E-state index contributed by atoms with van der Waals surface area (Å²) in [6.45, 7) is 6.37. The fourth-order valence-electron chi connectivity index (χ4n) is 7.21. The fourth-order valence-corrected chi connectivity index (χ4v) is 7.21. The van der Waals surface area contributed by atoms with Gasteiger partial charge in [0.1, 0.15) is 13.2 Å². The van der Waals surface area contributed by atoms with Gasteiger partial charge in [0.15, 0.2) is 6.10 Å². The maximum absolute atomic E-state index is 12.8. The second-order valence-corrected chi connectivity index (χ2v) is 17.4. The molecule has 0 rings (SSSR count). The maximum Gasteiger partial charge on any atom is 0.306 e. The molecule has 0 radical (unpaired) electrons. The highest BCUT2D eigenvalue weighted by Gasteiger charge is 2.19. The minimum Gasteiger partial charge on any atom is -0.462 e. The van der Waals surface area contributed by atoms with E-state index in [1.54, 1.807) is 0 Å². The van der Waals surface area contributed by atoms with Gasteiger partial charge in [-0.1, -0.05) is 221 Å². The predicted molar refractivity (Wildman–Crippen MR) is 274 cm³/mol. The van der Waals surface area contributed by atoms with E-state index in [0.29, 0.717) is 19.3 Å².